The summed E-state index contributed by atoms with van der Waals surface area (Å²) < 4.78 is 18.8. The minimum absolute atomic E-state index is 0.153. The molecule has 0 aliphatic carbocycles. The van der Waals surface area contributed by atoms with Gasteiger partial charge in [0.2, 0.25) is 0 Å². The fourth-order valence-electron chi connectivity index (χ4n) is 3.12. The zero-order valence-corrected chi connectivity index (χ0v) is 18.0. The summed E-state index contributed by atoms with van der Waals surface area (Å²) in [7, 11) is 2.20. The number of allylic oxidation sites excluding steroid dienone is 2. The number of hydrogen-bond donors (Lipinski definition) is 1. The van der Waals surface area contributed by atoms with Crippen LogP contribution in [0.1, 0.15) is 17.0 Å². The standard InChI is InChI=1S/C18H11FN2Se.C5H11NO/c19-14-8-6-13(7-9-14)17-10-15(12-4-2-1-3-5-12)16(11-20)18(22)21-17;1-6-2-4-7-5-3-6/h1-10,15H;2-5H2,1H3/q-1;/p+1. The van der Waals surface area contributed by atoms with Crippen LogP contribution >= 0.6 is 0 Å². The number of morpholine rings is 1. The molecular formula is C23H23FN3OSe. The minimum atomic E-state index is -0.281. The van der Waals surface area contributed by atoms with Crippen LogP contribution in [0.25, 0.3) is 11.1 Å². The van der Waals surface area contributed by atoms with E-state index < -0.39 is 0 Å². The van der Waals surface area contributed by atoms with Crippen molar-refractivity contribution < 1.29 is 14.0 Å². The summed E-state index contributed by atoms with van der Waals surface area (Å²) in [5.74, 6) is 1.80. The topological polar surface area (TPSA) is 48.3 Å². The number of rotatable bonds is 2. The molecule has 2 aromatic rings. The Kier molecular flexibility index (Phi) is 7.70. The molecule has 2 aliphatic heterocycles. The van der Waals surface area contributed by atoms with Gasteiger partial charge in [0.05, 0.1) is 20.3 Å². The average molecular weight is 455 g/mol. The van der Waals surface area contributed by atoms with Crippen molar-refractivity contribution in [3.05, 3.63) is 88.6 Å². The van der Waals surface area contributed by atoms with Gasteiger partial charge in [-0.2, -0.15) is 0 Å². The Balaban J connectivity index is 0.000000290. The quantitative estimate of drug-likeness (QED) is 0.548. The molecule has 1 radical (unpaired) electrons. The van der Waals surface area contributed by atoms with Gasteiger partial charge in [-0.1, -0.05) is 0 Å². The maximum atomic E-state index is 13.1. The van der Waals surface area contributed by atoms with E-state index in [-0.39, 0.29) is 11.7 Å². The zero-order chi connectivity index (χ0) is 20.6. The Bertz CT molecular complexity index is 928. The summed E-state index contributed by atoms with van der Waals surface area (Å²) in [5.41, 5.74) is 3.19. The second-order valence-electron chi connectivity index (χ2n) is 6.96. The first-order valence-electron chi connectivity index (χ1n) is 9.53. The third-order valence-electron chi connectivity index (χ3n) is 4.85. The Hall–Kier alpha value is -2.33. The molecule has 1 N–H and O–H groups in total. The van der Waals surface area contributed by atoms with Crippen LogP contribution in [0.5, 0.6) is 0 Å². The molecule has 29 heavy (non-hydrogen) atoms. The van der Waals surface area contributed by atoms with Gasteiger partial charge in [-0.3, -0.25) is 0 Å². The van der Waals surface area contributed by atoms with E-state index >= 15 is 0 Å². The van der Waals surface area contributed by atoms with Crippen LogP contribution in [0.4, 0.5) is 4.39 Å². The fourth-order valence-corrected chi connectivity index (χ4v) is 3.69. The monoisotopic (exact) mass is 456 g/mol. The number of quaternary nitrogens is 1. The van der Waals surface area contributed by atoms with Crippen LogP contribution in [0.15, 0.2) is 71.2 Å². The van der Waals surface area contributed by atoms with Crippen molar-refractivity contribution in [1.82, 2.24) is 0 Å². The second kappa shape index (κ2) is 10.4. The van der Waals surface area contributed by atoms with Gasteiger partial charge in [-0.15, -0.1) is 0 Å². The molecule has 0 amide bonds. The number of nitrogens with one attached hydrogen (secondary N) is 1. The van der Waals surface area contributed by atoms with E-state index in [1.54, 1.807) is 17.0 Å². The number of ether oxygens (including phenoxy) is 1. The van der Waals surface area contributed by atoms with Gasteiger partial charge in [0.1, 0.15) is 13.1 Å². The molecule has 149 valence electrons. The van der Waals surface area contributed by atoms with Crippen molar-refractivity contribution >= 4 is 32.2 Å². The van der Waals surface area contributed by atoms with E-state index in [0.29, 0.717) is 10.2 Å². The first kappa shape index (κ1) is 21.4. The Labute approximate surface area is 179 Å². The van der Waals surface area contributed by atoms with E-state index in [4.69, 9.17) is 4.74 Å². The number of nitrogens with zero attached hydrogens (tertiary/aromatic N) is 2. The maximum absolute atomic E-state index is 13.1. The summed E-state index contributed by atoms with van der Waals surface area (Å²) in [6, 6.07) is 16.0. The molecule has 6 heteroatoms. The molecule has 2 aromatic carbocycles. The average Bonchev–Trinajstić information content (AvgIpc) is 2.75. The molecule has 4 rings (SSSR count). The second-order valence-corrected chi connectivity index (χ2v) is 7.77. The molecule has 4 nitrogen and oxygen atoms in total. The van der Waals surface area contributed by atoms with Crippen LogP contribution in [-0.2, 0) is 4.74 Å². The van der Waals surface area contributed by atoms with E-state index in [1.807, 2.05) is 36.4 Å². The predicted octanol–water partition coefficient (Wildman–Crippen LogP) is 2.23. The van der Waals surface area contributed by atoms with Gasteiger partial charge < -0.3 is 9.64 Å². The number of hydrogen-bond acceptors (Lipinski definition) is 2. The molecule has 0 saturated carbocycles. The van der Waals surface area contributed by atoms with Crippen molar-refractivity contribution in [1.29, 1.82) is 0 Å². The molecule has 0 spiro atoms. The normalized spacial score (nSPS) is 19.4. The molecule has 0 aromatic heterocycles. The fraction of sp³-hybridized carbons (Fsp3) is 0.261. The van der Waals surface area contributed by atoms with Gasteiger partial charge in [-0.05, 0) is 0 Å². The van der Waals surface area contributed by atoms with Crippen LogP contribution in [0.3, 0.4) is 0 Å². The van der Waals surface area contributed by atoms with Gasteiger partial charge in [0.25, 0.3) is 0 Å². The van der Waals surface area contributed by atoms with E-state index in [2.05, 4.69) is 33.9 Å². The molecule has 0 bridgehead atoms. The predicted molar refractivity (Wildman–Crippen MR) is 116 cm³/mol. The zero-order valence-electron chi connectivity index (χ0n) is 16.3. The van der Waals surface area contributed by atoms with Gasteiger partial charge >= 0.3 is 136 Å². The van der Waals surface area contributed by atoms with Crippen LogP contribution in [0, 0.1) is 5.82 Å². The molecular weight excluding hydrogens is 432 g/mol. The van der Waals surface area contributed by atoms with Crippen molar-refractivity contribution in [2.45, 2.75) is 5.92 Å². The van der Waals surface area contributed by atoms with Gasteiger partial charge in [-0.25, -0.2) is 0 Å². The van der Waals surface area contributed by atoms with Crippen LogP contribution < -0.4 is 4.90 Å². The Morgan fingerprint density at radius 2 is 1.76 bits per heavy atom. The first-order chi connectivity index (χ1) is 14.1. The van der Waals surface area contributed by atoms with E-state index in [9.17, 15) is 9.80 Å². The third-order valence-corrected chi connectivity index (χ3v) is 5.51. The number of halogens is 1. The number of aliphatic imine (C=N–C) groups is 1. The van der Waals surface area contributed by atoms with E-state index in [0.717, 1.165) is 30.0 Å². The SMILES string of the molecule is C[NH+]1CCOCC1.[N-]=C=C1C([Se])=NC(c2ccc(F)cc2)=CC1c1ccccc1. The summed E-state index contributed by atoms with van der Waals surface area (Å²) >= 11 is 2.87. The van der Waals surface area contributed by atoms with Crippen molar-refractivity contribution in [3.63, 3.8) is 0 Å². The van der Waals surface area contributed by atoms with Crippen molar-refractivity contribution in [2.75, 3.05) is 33.4 Å². The molecule has 2 aliphatic rings. The van der Waals surface area contributed by atoms with Crippen LogP contribution in [-0.4, -0.2) is 59.8 Å². The Morgan fingerprint density at radius 3 is 2.31 bits per heavy atom. The van der Waals surface area contributed by atoms with Crippen molar-refractivity contribution in [3.8, 4) is 0 Å². The molecule has 1 saturated heterocycles. The first-order valence-corrected chi connectivity index (χ1v) is 10.4. The van der Waals surface area contributed by atoms with E-state index in [1.165, 1.54) is 25.2 Å². The summed E-state index contributed by atoms with van der Waals surface area (Å²) in [6.07, 6.45) is 1.95. The molecule has 1 fully saturated rings. The van der Waals surface area contributed by atoms with Gasteiger partial charge in [0.15, 0.2) is 0 Å². The van der Waals surface area contributed by atoms with Gasteiger partial charge in [0, 0.05) is 0 Å². The molecule has 1 unspecified atom stereocenters. The molecule has 1 atom stereocenters. The summed E-state index contributed by atoms with van der Waals surface area (Å²) in [5, 5.41) is 9.42. The summed E-state index contributed by atoms with van der Waals surface area (Å²) in [6.45, 7) is 4.26. The number of benzene rings is 2. The Morgan fingerprint density at radius 1 is 1.10 bits per heavy atom. The molecule has 2 heterocycles. The third kappa shape index (κ3) is 5.83. The van der Waals surface area contributed by atoms with Crippen LogP contribution in [0.2, 0.25) is 0 Å². The summed E-state index contributed by atoms with van der Waals surface area (Å²) in [4.78, 5) is 6.04. The number of likely N-dealkylation sites (N-methyl/N-ethyl adjacent to an activating group) is 1. The van der Waals surface area contributed by atoms with Crippen molar-refractivity contribution in [2.24, 2.45) is 4.99 Å².